The monoisotopic (exact) mass is 309 g/mol. The highest BCUT2D eigenvalue weighted by Crippen LogP contribution is 2.23. The number of hydrogen-bond donors (Lipinski definition) is 2. The van der Waals surface area contributed by atoms with Crippen molar-refractivity contribution in [3.8, 4) is 0 Å². The van der Waals surface area contributed by atoms with Crippen molar-refractivity contribution in [1.29, 1.82) is 0 Å². The van der Waals surface area contributed by atoms with Gasteiger partial charge in [-0.3, -0.25) is 0 Å². The summed E-state index contributed by atoms with van der Waals surface area (Å²) in [6.07, 6.45) is 1.49. The van der Waals surface area contributed by atoms with E-state index in [2.05, 4.69) is 36.5 Å². The Morgan fingerprint density at radius 3 is 2.65 bits per heavy atom. The Morgan fingerprint density at radius 2 is 1.87 bits per heavy atom. The summed E-state index contributed by atoms with van der Waals surface area (Å²) in [5.74, 6) is 0.622. The predicted molar refractivity (Wildman–Crippen MR) is 93.5 cm³/mol. The zero-order valence-electron chi connectivity index (χ0n) is 13.5. The SMILES string of the molecule is Cc1ccc(CCCNCC(O)c2cc3ccccc3o2)cc1. The van der Waals surface area contributed by atoms with Crippen LogP contribution in [0, 0.1) is 6.92 Å². The van der Waals surface area contributed by atoms with Crippen molar-refractivity contribution < 1.29 is 9.52 Å². The van der Waals surface area contributed by atoms with E-state index in [-0.39, 0.29) is 0 Å². The topological polar surface area (TPSA) is 45.4 Å². The fraction of sp³-hybridized carbons (Fsp3) is 0.300. The molecule has 3 rings (SSSR count). The molecule has 0 bridgehead atoms. The minimum atomic E-state index is -0.609. The van der Waals surface area contributed by atoms with Gasteiger partial charge in [0.15, 0.2) is 0 Å². The first-order valence-electron chi connectivity index (χ1n) is 8.15. The highest BCUT2D eigenvalue weighted by molar-refractivity contribution is 5.77. The molecule has 0 saturated carbocycles. The van der Waals surface area contributed by atoms with Crippen LogP contribution in [0.25, 0.3) is 11.0 Å². The number of benzene rings is 2. The Balaban J connectivity index is 1.42. The second-order valence-electron chi connectivity index (χ2n) is 6.00. The second-order valence-corrected chi connectivity index (χ2v) is 6.00. The van der Waals surface area contributed by atoms with Gasteiger partial charge in [0.25, 0.3) is 0 Å². The summed E-state index contributed by atoms with van der Waals surface area (Å²) in [5, 5.41) is 14.5. The van der Waals surface area contributed by atoms with E-state index in [1.807, 2.05) is 30.3 Å². The third-order valence-electron chi connectivity index (χ3n) is 4.05. The standard InChI is InChI=1S/C20H23NO2/c1-15-8-10-16(11-9-15)5-4-12-21-14-18(22)20-13-17-6-2-3-7-19(17)23-20/h2-3,6-11,13,18,21-22H,4-5,12,14H2,1H3. The van der Waals surface area contributed by atoms with E-state index in [1.54, 1.807) is 0 Å². The number of aliphatic hydroxyl groups excluding tert-OH is 1. The van der Waals surface area contributed by atoms with Crippen LogP contribution in [0.1, 0.15) is 29.4 Å². The van der Waals surface area contributed by atoms with Crippen molar-refractivity contribution in [3.63, 3.8) is 0 Å². The lowest BCUT2D eigenvalue weighted by Crippen LogP contribution is -2.22. The fourth-order valence-corrected chi connectivity index (χ4v) is 2.68. The van der Waals surface area contributed by atoms with Crippen molar-refractivity contribution in [3.05, 3.63) is 71.5 Å². The third-order valence-corrected chi connectivity index (χ3v) is 4.05. The van der Waals surface area contributed by atoms with Crippen LogP contribution in [-0.4, -0.2) is 18.2 Å². The number of furan rings is 1. The molecule has 1 heterocycles. The zero-order chi connectivity index (χ0) is 16.1. The number of fused-ring (bicyclic) bond motifs is 1. The molecule has 1 aromatic heterocycles. The fourth-order valence-electron chi connectivity index (χ4n) is 2.68. The van der Waals surface area contributed by atoms with Gasteiger partial charge in [-0.15, -0.1) is 0 Å². The van der Waals surface area contributed by atoms with Gasteiger partial charge in [0.05, 0.1) is 0 Å². The van der Waals surface area contributed by atoms with Crippen molar-refractivity contribution in [1.82, 2.24) is 5.32 Å². The van der Waals surface area contributed by atoms with Gasteiger partial charge in [-0.05, 0) is 44.0 Å². The highest BCUT2D eigenvalue weighted by atomic mass is 16.4. The van der Waals surface area contributed by atoms with E-state index in [0.717, 1.165) is 30.4 Å². The average molecular weight is 309 g/mol. The van der Waals surface area contributed by atoms with Crippen molar-refractivity contribution in [2.45, 2.75) is 25.9 Å². The van der Waals surface area contributed by atoms with Gasteiger partial charge in [-0.25, -0.2) is 0 Å². The number of rotatable bonds is 7. The normalized spacial score (nSPS) is 12.6. The molecule has 3 nitrogen and oxygen atoms in total. The van der Waals surface area contributed by atoms with Crippen molar-refractivity contribution >= 4 is 11.0 Å². The number of nitrogens with one attached hydrogen (secondary N) is 1. The maximum Gasteiger partial charge on any atom is 0.135 e. The van der Waals surface area contributed by atoms with E-state index < -0.39 is 6.10 Å². The first-order valence-corrected chi connectivity index (χ1v) is 8.15. The molecule has 0 radical (unpaired) electrons. The molecule has 0 spiro atoms. The van der Waals surface area contributed by atoms with Gasteiger partial charge in [0, 0.05) is 11.9 Å². The first-order chi connectivity index (χ1) is 11.2. The lowest BCUT2D eigenvalue weighted by Gasteiger charge is -2.09. The summed E-state index contributed by atoms with van der Waals surface area (Å²) >= 11 is 0. The zero-order valence-corrected chi connectivity index (χ0v) is 13.5. The van der Waals surface area contributed by atoms with Gasteiger partial charge in [0.2, 0.25) is 0 Å². The molecule has 0 aliphatic carbocycles. The van der Waals surface area contributed by atoms with E-state index in [9.17, 15) is 5.11 Å². The quantitative estimate of drug-likeness (QED) is 0.649. The minimum Gasteiger partial charge on any atom is -0.458 e. The van der Waals surface area contributed by atoms with E-state index in [4.69, 9.17) is 4.42 Å². The van der Waals surface area contributed by atoms with Gasteiger partial charge >= 0.3 is 0 Å². The molecule has 0 aliphatic rings. The maximum atomic E-state index is 10.2. The summed E-state index contributed by atoms with van der Waals surface area (Å²) < 4.78 is 5.68. The number of aryl methyl sites for hydroxylation is 2. The van der Waals surface area contributed by atoms with Crippen LogP contribution in [-0.2, 0) is 6.42 Å². The van der Waals surface area contributed by atoms with Gasteiger partial charge < -0.3 is 14.8 Å². The summed E-state index contributed by atoms with van der Waals surface area (Å²) in [6.45, 7) is 3.49. The van der Waals surface area contributed by atoms with Crippen LogP contribution in [0.3, 0.4) is 0 Å². The molecular weight excluding hydrogens is 286 g/mol. The van der Waals surface area contributed by atoms with Crippen molar-refractivity contribution in [2.24, 2.45) is 0 Å². The molecule has 2 aromatic carbocycles. The molecule has 3 aromatic rings. The molecule has 0 fully saturated rings. The summed E-state index contributed by atoms with van der Waals surface area (Å²) in [7, 11) is 0. The van der Waals surface area contributed by atoms with Gasteiger partial charge in [-0.1, -0.05) is 48.0 Å². The number of hydrogen-bond acceptors (Lipinski definition) is 3. The maximum absolute atomic E-state index is 10.2. The van der Waals surface area contributed by atoms with Crippen LogP contribution in [0.2, 0.25) is 0 Å². The first kappa shape index (κ1) is 15.8. The Kier molecular flexibility index (Phi) is 5.11. The highest BCUT2D eigenvalue weighted by Gasteiger charge is 2.12. The van der Waals surface area contributed by atoms with E-state index in [1.165, 1.54) is 11.1 Å². The molecular formula is C20H23NO2. The lowest BCUT2D eigenvalue weighted by atomic mass is 10.1. The predicted octanol–water partition coefficient (Wildman–Crippen LogP) is 4.00. The van der Waals surface area contributed by atoms with Crippen LogP contribution in [0.5, 0.6) is 0 Å². The Morgan fingerprint density at radius 1 is 1.09 bits per heavy atom. The van der Waals surface area contributed by atoms with Crippen LogP contribution < -0.4 is 5.32 Å². The molecule has 0 saturated heterocycles. The van der Waals surface area contributed by atoms with Gasteiger partial charge in [0.1, 0.15) is 17.4 Å². The smallest absolute Gasteiger partial charge is 0.135 e. The molecule has 3 heteroatoms. The van der Waals surface area contributed by atoms with Crippen LogP contribution in [0.15, 0.2) is 59.0 Å². The minimum absolute atomic E-state index is 0.508. The Hall–Kier alpha value is -2.10. The Bertz CT molecular complexity index is 713. The van der Waals surface area contributed by atoms with Crippen LogP contribution in [0.4, 0.5) is 0 Å². The van der Waals surface area contributed by atoms with E-state index >= 15 is 0 Å². The Labute approximate surface area is 136 Å². The second kappa shape index (κ2) is 7.44. The molecule has 0 aliphatic heterocycles. The molecule has 1 unspecified atom stereocenters. The molecule has 23 heavy (non-hydrogen) atoms. The summed E-state index contributed by atoms with van der Waals surface area (Å²) in [4.78, 5) is 0. The van der Waals surface area contributed by atoms with Gasteiger partial charge in [-0.2, -0.15) is 0 Å². The number of aliphatic hydroxyl groups is 1. The number of para-hydroxylation sites is 1. The summed E-state index contributed by atoms with van der Waals surface area (Å²) in [5.41, 5.74) is 3.47. The largest absolute Gasteiger partial charge is 0.458 e. The molecule has 120 valence electrons. The lowest BCUT2D eigenvalue weighted by molar-refractivity contribution is 0.150. The van der Waals surface area contributed by atoms with E-state index in [0.29, 0.717) is 12.3 Å². The average Bonchev–Trinajstić information content (AvgIpc) is 3.00. The molecule has 2 N–H and O–H groups in total. The summed E-state index contributed by atoms with van der Waals surface area (Å²) in [6, 6.07) is 18.4. The third kappa shape index (κ3) is 4.21. The molecule has 1 atom stereocenters. The van der Waals surface area contributed by atoms with Crippen LogP contribution >= 0.6 is 0 Å². The van der Waals surface area contributed by atoms with Crippen molar-refractivity contribution in [2.75, 3.05) is 13.1 Å². The molecule has 0 amide bonds.